The SMILES string of the molecule is COc1ccc(S(=O)(=O)N2CCc3cc(/C=C/C(=O)Nc4ccccc4N)cnc32)cc1. The van der Waals surface area contributed by atoms with Crippen LogP contribution in [0.4, 0.5) is 17.2 Å². The fourth-order valence-corrected chi connectivity index (χ4v) is 4.87. The van der Waals surface area contributed by atoms with Crippen LogP contribution in [-0.2, 0) is 21.2 Å². The number of hydrogen-bond acceptors (Lipinski definition) is 6. The third kappa shape index (κ3) is 4.28. The molecule has 1 aliphatic heterocycles. The second-order valence-electron chi connectivity index (χ2n) is 7.16. The highest BCUT2D eigenvalue weighted by Crippen LogP contribution is 2.32. The van der Waals surface area contributed by atoms with Gasteiger partial charge in [-0.2, -0.15) is 0 Å². The van der Waals surface area contributed by atoms with Crippen LogP contribution < -0.4 is 20.1 Å². The number of amides is 1. The first-order valence-electron chi connectivity index (χ1n) is 9.88. The van der Waals surface area contributed by atoms with E-state index < -0.39 is 10.0 Å². The molecule has 0 aliphatic carbocycles. The molecule has 0 fully saturated rings. The molecule has 1 amide bonds. The number of methoxy groups -OCH3 is 1. The molecule has 2 heterocycles. The van der Waals surface area contributed by atoms with Gasteiger partial charge in [0, 0.05) is 18.8 Å². The number of benzene rings is 2. The van der Waals surface area contributed by atoms with Crippen LogP contribution in [0, 0.1) is 0 Å². The molecule has 9 heteroatoms. The van der Waals surface area contributed by atoms with Crippen molar-refractivity contribution in [3.63, 3.8) is 0 Å². The molecular formula is C23H22N4O4S. The van der Waals surface area contributed by atoms with Gasteiger partial charge in [-0.3, -0.25) is 4.79 Å². The van der Waals surface area contributed by atoms with Crippen LogP contribution in [0.25, 0.3) is 6.08 Å². The maximum absolute atomic E-state index is 13.1. The Morgan fingerprint density at radius 3 is 2.66 bits per heavy atom. The summed E-state index contributed by atoms with van der Waals surface area (Å²) in [5.41, 5.74) is 8.35. The zero-order valence-electron chi connectivity index (χ0n) is 17.4. The van der Waals surface area contributed by atoms with Crippen molar-refractivity contribution < 1.29 is 17.9 Å². The van der Waals surface area contributed by atoms with Gasteiger partial charge in [0.2, 0.25) is 5.91 Å². The van der Waals surface area contributed by atoms with Gasteiger partial charge in [0.15, 0.2) is 0 Å². The quantitative estimate of drug-likeness (QED) is 0.441. The molecule has 1 aliphatic rings. The first-order chi connectivity index (χ1) is 15.4. The predicted molar refractivity (Wildman–Crippen MR) is 124 cm³/mol. The predicted octanol–water partition coefficient (Wildman–Crippen LogP) is 3.08. The van der Waals surface area contributed by atoms with E-state index in [4.69, 9.17) is 10.5 Å². The Bertz CT molecular complexity index is 1290. The van der Waals surface area contributed by atoms with Crippen molar-refractivity contribution in [2.75, 3.05) is 29.0 Å². The molecule has 8 nitrogen and oxygen atoms in total. The number of nitrogen functional groups attached to an aromatic ring is 1. The van der Waals surface area contributed by atoms with E-state index in [1.165, 1.54) is 29.6 Å². The third-order valence-electron chi connectivity index (χ3n) is 5.08. The van der Waals surface area contributed by atoms with Crippen LogP contribution in [0.15, 0.2) is 71.8 Å². The molecule has 1 aromatic heterocycles. The number of fused-ring (bicyclic) bond motifs is 1. The van der Waals surface area contributed by atoms with Crippen LogP contribution in [0.2, 0.25) is 0 Å². The third-order valence-corrected chi connectivity index (χ3v) is 6.88. The van der Waals surface area contributed by atoms with Gasteiger partial charge in [0.1, 0.15) is 11.6 Å². The zero-order valence-corrected chi connectivity index (χ0v) is 18.2. The van der Waals surface area contributed by atoms with Crippen molar-refractivity contribution in [3.05, 3.63) is 78.0 Å². The molecule has 0 unspecified atom stereocenters. The van der Waals surface area contributed by atoms with E-state index in [0.717, 1.165) is 5.56 Å². The Kier molecular flexibility index (Phi) is 5.83. The molecule has 3 N–H and O–H groups in total. The lowest BCUT2D eigenvalue weighted by atomic mass is 10.1. The normalized spacial score (nSPS) is 13.2. The van der Waals surface area contributed by atoms with Crippen LogP contribution >= 0.6 is 0 Å². The van der Waals surface area contributed by atoms with E-state index in [1.54, 1.807) is 48.7 Å². The number of rotatable bonds is 6. The van der Waals surface area contributed by atoms with E-state index in [9.17, 15) is 13.2 Å². The second-order valence-corrected chi connectivity index (χ2v) is 9.03. The molecule has 32 heavy (non-hydrogen) atoms. The molecular weight excluding hydrogens is 428 g/mol. The molecule has 0 saturated heterocycles. The smallest absolute Gasteiger partial charge is 0.265 e. The Hall–Kier alpha value is -3.85. The number of ether oxygens (including phenoxy) is 1. The Labute approximate surface area is 186 Å². The first-order valence-corrected chi connectivity index (χ1v) is 11.3. The van der Waals surface area contributed by atoms with Crippen molar-refractivity contribution in [3.8, 4) is 5.75 Å². The summed E-state index contributed by atoms with van der Waals surface area (Å²) in [6, 6.07) is 15.1. The largest absolute Gasteiger partial charge is 0.497 e. The molecule has 2 aromatic carbocycles. The number of nitrogens with zero attached hydrogens (tertiary/aromatic N) is 2. The fourth-order valence-electron chi connectivity index (χ4n) is 3.42. The molecule has 3 aromatic rings. The number of hydrogen-bond donors (Lipinski definition) is 2. The Balaban J connectivity index is 1.50. The molecule has 0 bridgehead atoms. The monoisotopic (exact) mass is 450 g/mol. The van der Waals surface area contributed by atoms with E-state index >= 15 is 0 Å². The van der Waals surface area contributed by atoms with Crippen molar-refractivity contribution in [1.82, 2.24) is 4.98 Å². The standard InChI is InChI=1S/C23H22N4O4S/c1-31-18-7-9-19(10-8-18)32(29,30)27-13-12-17-14-16(15-25-23(17)27)6-11-22(28)26-21-5-3-2-4-20(21)24/h2-11,14-15H,12-13,24H2,1H3,(H,26,28)/b11-6+. The lowest BCUT2D eigenvalue weighted by molar-refractivity contribution is -0.111. The number of carbonyl (C=O) groups is 1. The summed E-state index contributed by atoms with van der Waals surface area (Å²) in [6.45, 7) is 0.303. The molecule has 0 spiro atoms. The minimum atomic E-state index is -3.73. The molecule has 0 saturated carbocycles. The molecule has 0 atom stereocenters. The van der Waals surface area contributed by atoms with Gasteiger partial charge < -0.3 is 15.8 Å². The minimum absolute atomic E-state index is 0.175. The number of pyridine rings is 1. The summed E-state index contributed by atoms with van der Waals surface area (Å²) in [5, 5.41) is 2.72. The highest BCUT2D eigenvalue weighted by Gasteiger charge is 2.32. The summed E-state index contributed by atoms with van der Waals surface area (Å²) >= 11 is 0. The number of aromatic nitrogens is 1. The van der Waals surface area contributed by atoms with Gasteiger partial charge in [-0.25, -0.2) is 17.7 Å². The highest BCUT2D eigenvalue weighted by molar-refractivity contribution is 7.92. The van der Waals surface area contributed by atoms with Crippen molar-refractivity contribution in [1.29, 1.82) is 0 Å². The highest BCUT2D eigenvalue weighted by atomic mass is 32.2. The van der Waals surface area contributed by atoms with E-state index in [1.807, 2.05) is 6.07 Å². The van der Waals surface area contributed by atoms with Crippen LogP contribution in [-0.4, -0.2) is 33.0 Å². The topological polar surface area (TPSA) is 115 Å². The zero-order chi connectivity index (χ0) is 22.7. The number of nitrogens with two attached hydrogens (primary N) is 1. The van der Waals surface area contributed by atoms with Crippen molar-refractivity contribution in [2.24, 2.45) is 0 Å². The van der Waals surface area contributed by atoms with Crippen molar-refractivity contribution in [2.45, 2.75) is 11.3 Å². The maximum Gasteiger partial charge on any atom is 0.265 e. The summed E-state index contributed by atoms with van der Waals surface area (Å²) in [5.74, 6) is 0.658. The van der Waals surface area contributed by atoms with Gasteiger partial charge in [-0.15, -0.1) is 0 Å². The van der Waals surface area contributed by atoms with Crippen LogP contribution in [0.1, 0.15) is 11.1 Å². The van der Waals surface area contributed by atoms with Gasteiger partial charge in [-0.1, -0.05) is 12.1 Å². The minimum Gasteiger partial charge on any atom is -0.497 e. The number of anilines is 3. The summed E-state index contributed by atoms with van der Waals surface area (Å²) < 4.78 is 32.5. The van der Waals surface area contributed by atoms with Gasteiger partial charge in [0.25, 0.3) is 10.0 Å². The summed E-state index contributed by atoms with van der Waals surface area (Å²) in [7, 11) is -2.21. The fraction of sp³-hybridized carbons (Fsp3) is 0.130. The van der Waals surface area contributed by atoms with Crippen molar-refractivity contribution >= 4 is 39.2 Å². The lowest BCUT2D eigenvalue weighted by Gasteiger charge is -2.18. The number of nitrogens with one attached hydrogen (secondary N) is 1. The van der Waals surface area contributed by atoms with Crippen LogP contribution in [0.3, 0.4) is 0 Å². The molecule has 4 rings (SSSR count). The van der Waals surface area contributed by atoms with E-state index in [-0.39, 0.29) is 10.8 Å². The second kappa shape index (κ2) is 8.72. The summed E-state index contributed by atoms with van der Waals surface area (Å²) in [4.78, 5) is 16.7. The van der Waals surface area contributed by atoms with Crippen LogP contribution in [0.5, 0.6) is 5.75 Å². The van der Waals surface area contributed by atoms with Gasteiger partial charge >= 0.3 is 0 Å². The Morgan fingerprint density at radius 2 is 1.94 bits per heavy atom. The number of carbonyl (C=O) groups excluding carboxylic acids is 1. The first kappa shape index (κ1) is 21.4. The number of para-hydroxylation sites is 2. The van der Waals surface area contributed by atoms with Gasteiger partial charge in [0.05, 0.1) is 23.4 Å². The average molecular weight is 451 g/mol. The van der Waals surface area contributed by atoms with E-state index in [2.05, 4.69) is 10.3 Å². The lowest BCUT2D eigenvalue weighted by Crippen LogP contribution is -2.29. The van der Waals surface area contributed by atoms with Gasteiger partial charge in [-0.05, 0) is 66.1 Å². The number of sulfonamides is 1. The maximum atomic E-state index is 13.1. The molecule has 0 radical (unpaired) electrons. The summed E-state index contributed by atoms with van der Waals surface area (Å²) in [6.07, 6.45) is 5.09. The Morgan fingerprint density at radius 1 is 1.19 bits per heavy atom. The van der Waals surface area contributed by atoms with E-state index in [0.29, 0.717) is 41.5 Å². The average Bonchev–Trinajstić information content (AvgIpc) is 3.23. The molecule has 164 valence electrons.